The predicted octanol–water partition coefficient (Wildman–Crippen LogP) is 4.45. The van der Waals surface area contributed by atoms with Gasteiger partial charge in [-0.1, -0.05) is 44.2 Å². The fraction of sp³-hybridized carbons (Fsp3) is 0.263. The Morgan fingerprint density at radius 1 is 1.12 bits per heavy atom. The van der Waals surface area contributed by atoms with E-state index in [2.05, 4.69) is 42.9 Å². The minimum Gasteiger partial charge on any atom is -0.452 e. The van der Waals surface area contributed by atoms with E-state index in [1.807, 2.05) is 31.2 Å². The van der Waals surface area contributed by atoms with Crippen molar-refractivity contribution in [1.82, 2.24) is 9.97 Å². The van der Waals surface area contributed by atoms with Crippen molar-refractivity contribution in [3.63, 3.8) is 0 Å². The van der Waals surface area contributed by atoms with Crippen LogP contribution in [-0.4, -0.2) is 9.97 Å². The van der Waals surface area contributed by atoms with E-state index >= 15 is 0 Å². The third-order valence-corrected chi connectivity index (χ3v) is 3.62. The zero-order chi connectivity index (χ0) is 17.7. The van der Waals surface area contributed by atoms with Crippen LogP contribution in [0.3, 0.4) is 0 Å². The largest absolute Gasteiger partial charge is 0.452 e. The SMILES string of the molecule is C/C=C/C=C/c1cc(Oc2cnc(N)nc2N)c(C(C)C)cc1C. The molecule has 24 heavy (non-hydrogen) atoms. The Morgan fingerprint density at radius 2 is 1.88 bits per heavy atom. The quantitative estimate of drug-likeness (QED) is 0.793. The van der Waals surface area contributed by atoms with E-state index < -0.39 is 0 Å². The Balaban J connectivity index is 2.47. The van der Waals surface area contributed by atoms with Crippen LogP contribution in [0.5, 0.6) is 11.5 Å². The minimum absolute atomic E-state index is 0.128. The van der Waals surface area contributed by atoms with Crippen LogP contribution >= 0.6 is 0 Å². The first-order valence-electron chi connectivity index (χ1n) is 7.92. The molecule has 5 heteroatoms. The normalized spacial score (nSPS) is 11.7. The molecule has 0 bridgehead atoms. The van der Waals surface area contributed by atoms with Crippen LogP contribution in [0, 0.1) is 6.92 Å². The summed E-state index contributed by atoms with van der Waals surface area (Å²) in [6, 6.07) is 4.16. The van der Waals surface area contributed by atoms with E-state index in [0.29, 0.717) is 11.7 Å². The van der Waals surface area contributed by atoms with Gasteiger partial charge >= 0.3 is 0 Å². The van der Waals surface area contributed by atoms with Gasteiger partial charge in [-0.3, -0.25) is 0 Å². The minimum atomic E-state index is 0.128. The van der Waals surface area contributed by atoms with Gasteiger partial charge in [-0.15, -0.1) is 0 Å². The van der Waals surface area contributed by atoms with Gasteiger partial charge < -0.3 is 16.2 Å². The van der Waals surface area contributed by atoms with Gasteiger partial charge in [0.1, 0.15) is 5.75 Å². The molecule has 0 amide bonds. The van der Waals surface area contributed by atoms with Crippen molar-refractivity contribution in [1.29, 1.82) is 0 Å². The molecule has 126 valence electrons. The highest BCUT2D eigenvalue weighted by molar-refractivity contribution is 5.61. The highest BCUT2D eigenvalue weighted by atomic mass is 16.5. The van der Waals surface area contributed by atoms with Crippen LogP contribution in [0.1, 0.15) is 43.4 Å². The first-order valence-corrected chi connectivity index (χ1v) is 7.92. The van der Waals surface area contributed by atoms with Gasteiger partial charge in [-0.25, -0.2) is 4.98 Å². The molecular formula is C19H24N4O. The topological polar surface area (TPSA) is 87.0 Å². The second kappa shape index (κ2) is 7.64. The summed E-state index contributed by atoms with van der Waals surface area (Å²) >= 11 is 0. The van der Waals surface area contributed by atoms with Crippen molar-refractivity contribution < 1.29 is 4.74 Å². The number of aromatic nitrogens is 2. The standard InChI is InChI=1S/C19H24N4O/c1-5-6-7-8-14-10-16(15(12(2)3)9-13(14)4)24-17-11-22-19(21)23-18(17)20/h5-12H,1-4H3,(H4,20,21,22,23)/b6-5+,8-7+. The average Bonchev–Trinajstić information content (AvgIpc) is 2.52. The lowest BCUT2D eigenvalue weighted by molar-refractivity contribution is 0.471. The van der Waals surface area contributed by atoms with Crippen molar-refractivity contribution >= 4 is 17.8 Å². The number of nitrogens with zero attached hydrogens (tertiary/aromatic N) is 2. The van der Waals surface area contributed by atoms with E-state index in [9.17, 15) is 0 Å². The maximum atomic E-state index is 6.00. The molecule has 0 atom stereocenters. The number of ether oxygens (including phenoxy) is 1. The summed E-state index contributed by atoms with van der Waals surface area (Å²) in [6.45, 7) is 8.32. The number of rotatable bonds is 5. The second-order valence-corrected chi connectivity index (χ2v) is 5.87. The molecule has 2 aromatic rings. The molecule has 1 aromatic heterocycles. The van der Waals surface area contributed by atoms with E-state index in [4.69, 9.17) is 16.2 Å². The Morgan fingerprint density at radius 3 is 2.50 bits per heavy atom. The van der Waals surface area contributed by atoms with Crippen LogP contribution in [0.15, 0.2) is 36.6 Å². The van der Waals surface area contributed by atoms with Crippen LogP contribution < -0.4 is 16.2 Å². The Labute approximate surface area is 143 Å². The van der Waals surface area contributed by atoms with Gasteiger partial charge in [0.05, 0.1) is 6.20 Å². The summed E-state index contributed by atoms with van der Waals surface area (Å²) in [7, 11) is 0. The third-order valence-electron chi connectivity index (χ3n) is 3.62. The van der Waals surface area contributed by atoms with Crippen molar-refractivity contribution in [2.75, 3.05) is 11.5 Å². The van der Waals surface area contributed by atoms with E-state index in [1.165, 1.54) is 11.8 Å². The first kappa shape index (κ1) is 17.5. The summed E-state index contributed by atoms with van der Waals surface area (Å²) in [5.74, 6) is 1.81. The number of allylic oxidation sites excluding steroid dienone is 3. The van der Waals surface area contributed by atoms with E-state index in [-0.39, 0.29) is 11.8 Å². The molecule has 0 fully saturated rings. The molecule has 5 nitrogen and oxygen atoms in total. The smallest absolute Gasteiger partial charge is 0.222 e. The summed E-state index contributed by atoms with van der Waals surface area (Å²) < 4.78 is 6.00. The molecule has 2 rings (SSSR count). The molecule has 0 aliphatic rings. The molecule has 0 aliphatic carbocycles. The lowest BCUT2D eigenvalue weighted by Gasteiger charge is -2.17. The zero-order valence-corrected chi connectivity index (χ0v) is 14.6. The molecule has 4 N–H and O–H groups in total. The third kappa shape index (κ3) is 4.13. The molecule has 0 aliphatic heterocycles. The lowest BCUT2D eigenvalue weighted by Crippen LogP contribution is -2.03. The molecule has 1 aromatic carbocycles. The molecule has 1 heterocycles. The number of aryl methyl sites for hydroxylation is 1. The summed E-state index contributed by atoms with van der Waals surface area (Å²) in [5, 5.41) is 0. The van der Waals surface area contributed by atoms with Crippen LogP contribution in [0.2, 0.25) is 0 Å². The second-order valence-electron chi connectivity index (χ2n) is 5.87. The predicted molar refractivity (Wildman–Crippen MR) is 100 cm³/mol. The Bertz CT molecular complexity index is 779. The number of hydrogen-bond donors (Lipinski definition) is 2. The summed E-state index contributed by atoms with van der Waals surface area (Å²) in [4.78, 5) is 7.89. The number of hydrogen-bond acceptors (Lipinski definition) is 5. The van der Waals surface area contributed by atoms with Gasteiger partial charge in [0.15, 0.2) is 11.6 Å². The van der Waals surface area contributed by atoms with Gasteiger partial charge in [0.2, 0.25) is 5.95 Å². The van der Waals surface area contributed by atoms with Crippen molar-refractivity contribution in [2.24, 2.45) is 0 Å². The molecule has 0 radical (unpaired) electrons. The maximum absolute atomic E-state index is 6.00. The van der Waals surface area contributed by atoms with Gasteiger partial charge in [0, 0.05) is 0 Å². The molecule has 0 saturated carbocycles. The Kier molecular flexibility index (Phi) is 5.58. The average molecular weight is 324 g/mol. The van der Waals surface area contributed by atoms with E-state index in [1.54, 1.807) is 0 Å². The lowest BCUT2D eigenvalue weighted by atomic mass is 9.96. The maximum Gasteiger partial charge on any atom is 0.222 e. The Hall–Kier alpha value is -2.82. The van der Waals surface area contributed by atoms with Crippen molar-refractivity contribution in [2.45, 2.75) is 33.6 Å². The van der Waals surface area contributed by atoms with Gasteiger partial charge in [-0.05, 0) is 42.5 Å². The summed E-state index contributed by atoms with van der Waals surface area (Å²) in [5.41, 5.74) is 14.8. The number of nitrogens with two attached hydrogens (primary N) is 2. The number of benzene rings is 1. The number of nitrogen functional groups attached to an aromatic ring is 2. The molecule has 0 spiro atoms. The molecular weight excluding hydrogens is 300 g/mol. The monoisotopic (exact) mass is 324 g/mol. The summed E-state index contributed by atoms with van der Waals surface area (Å²) in [6.07, 6.45) is 9.52. The van der Waals surface area contributed by atoms with Crippen LogP contribution in [0.25, 0.3) is 6.08 Å². The number of anilines is 2. The highest BCUT2D eigenvalue weighted by Crippen LogP contribution is 2.35. The van der Waals surface area contributed by atoms with Crippen LogP contribution in [-0.2, 0) is 0 Å². The highest BCUT2D eigenvalue weighted by Gasteiger charge is 2.14. The fourth-order valence-corrected chi connectivity index (χ4v) is 2.31. The zero-order valence-electron chi connectivity index (χ0n) is 14.6. The fourth-order valence-electron chi connectivity index (χ4n) is 2.31. The van der Waals surface area contributed by atoms with Gasteiger partial charge in [-0.2, -0.15) is 4.98 Å². The van der Waals surface area contributed by atoms with Gasteiger partial charge in [0.25, 0.3) is 0 Å². The first-order chi connectivity index (χ1) is 11.4. The molecule has 0 saturated heterocycles. The molecule has 0 unspecified atom stereocenters. The van der Waals surface area contributed by atoms with Crippen LogP contribution in [0.4, 0.5) is 11.8 Å². The van der Waals surface area contributed by atoms with Crippen molar-refractivity contribution in [3.8, 4) is 11.5 Å². The van der Waals surface area contributed by atoms with Crippen molar-refractivity contribution in [3.05, 3.63) is 53.2 Å². The van der Waals surface area contributed by atoms with E-state index in [0.717, 1.165) is 16.9 Å².